The maximum absolute atomic E-state index is 14.5. The number of amides is 1. The number of carbonyl (C=O) groups is 1. The first kappa shape index (κ1) is 20.4. The van der Waals surface area contributed by atoms with E-state index in [0.29, 0.717) is 41.0 Å². The highest BCUT2D eigenvalue weighted by molar-refractivity contribution is 14.1. The Balaban J connectivity index is 1.86. The molecule has 6 nitrogen and oxygen atoms in total. The van der Waals surface area contributed by atoms with Crippen LogP contribution in [0, 0.1) is 15.5 Å². The van der Waals surface area contributed by atoms with Crippen LogP contribution in [0.25, 0.3) is 10.9 Å². The number of anilines is 1. The van der Waals surface area contributed by atoms with Gasteiger partial charge in [-0.3, -0.25) is 0 Å². The van der Waals surface area contributed by atoms with Crippen molar-refractivity contribution in [3.05, 3.63) is 26.0 Å². The average molecular weight is 555 g/mol. The van der Waals surface area contributed by atoms with Crippen LogP contribution in [0.1, 0.15) is 20.8 Å². The molecule has 0 N–H and O–H groups in total. The van der Waals surface area contributed by atoms with Crippen LogP contribution in [-0.4, -0.2) is 52.7 Å². The standard InChI is InChI=1S/C17H18BrF2IN4O2/c1-17(2,3)27-16(26)25-6-4-24(5-7-25)14-9-8-10(21)11(18)12(19)13(9)22-15(20)23-14/h8H,4-7H2,1-3H3. The van der Waals surface area contributed by atoms with Crippen molar-refractivity contribution in [2.45, 2.75) is 26.4 Å². The smallest absolute Gasteiger partial charge is 0.410 e. The summed E-state index contributed by atoms with van der Waals surface area (Å²) in [4.78, 5) is 23.1. The Labute approximate surface area is 177 Å². The van der Waals surface area contributed by atoms with Crippen molar-refractivity contribution in [2.24, 2.45) is 0 Å². The Hall–Kier alpha value is -1.30. The van der Waals surface area contributed by atoms with E-state index in [1.165, 1.54) is 0 Å². The second kappa shape index (κ2) is 7.61. The van der Waals surface area contributed by atoms with E-state index in [2.05, 4.69) is 25.9 Å². The normalized spacial score (nSPS) is 15.4. The maximum atomic E-state index is 14.5. The molecule has 0 saturated carbocycles. The Morgan fingerprint density at radius 3 is 2.44 bits per heavy atom. The van der Waals surface area contributed by atoms with Gasteiger partial charge in [0.25, 0.3) is 0 Å². The molecule has 0 bridgehead atoms. The molecule has 0 atom stereocenters. The summed E-state index contributed by atoms with van der Waals surface area (Å²) >= 11 is 5.15. The predicted molar refractivity (Wildman–Crippen MR) is 110 cm³/mol. The van der Waals surface area contributed by atoms with Crippen molar-refractivity contribution >= 4 is 61.3 Å². The minimum absolute atomic E-state index is 0.0700. The van der Waals surface area contributed by atoms with Crippen LogP contribution in [0.5, 0.6) is 0 Å². The number of hydrogen-bond acceptors (Lipinski definition) is 5. The van der Waals surface area contributed by atoms with Gasteiger partial charge in [-0.1, -0.05) is 0 Å². The molecule has 1 aliphatic rings. The second-order valence-corrected chi connectivity index (χ2v) is 9.11. The lowest BCUT2D eigenvalue weighted by molar-refractivity contribution is 0.0240. The fraction of sp³-hybridized carbons (Fsp3) is 0.471. The molecule has 1 fully saturated rings. The Bertz CT molecular complexity index is 899. The van der Waals surface area contributed by atoms with Gasteiger partial charge in [0, 0.05) is 35.1 Å². The minimum atomic E-state index is -0.987. The number of benzene rings is 1. The van der Waals surface area contributed by atoms with Gasteiger partial charge in [0.15, 0.2) is 5.82 Å². The maximum Gasteiger partial charge on any atom is 0.410 e. The molecule has 10 heteroatoms. The van der Waals surface area contributed by atoms with Crippen molar-refractivity contribution < 1.29 is 18.3 Å². The number of aromatic nitrogens is 2. The summed E-state index contributed by atoms with van der Waals surface area (Å²) in [5.41, 5.74) is -0.638. The molecule has 2 heterocycles. The zero-order chi connectivity index (χ0) is 19.9. The summed E-state index contributed by atoms with van der Waals surface area (Å²) in [6.45, 7) is 7.09. The number of nitrogens with zero attached hydrogens (tertiary/aromatic N) is 4. The van der Waals surface area contributed by atoms with Gasteiger partial charge in [-0.15, -0.1) is 0 Å². The highest BCUT2D eigenvalue weighted by Gasteiger charge is 2.28. The fourth-order valence-corrected chi connectivity index (χ4v) is 3.65. The van der Waals surface area contributed by atoms with Gasteiger partial charge in [0.1, 0.15) is 16.9 Å². The van der Waals surface area contributed by atoms with E-state index < -0.39 is 17.5 Å². The van der Waals surface area contributed by atoms with Crippen molar-refractivity contribution in [1.82, 2.24) is 14.9 Å². The van der Waals surface area contributed by atoms with Gasteiger partial charge >= 0.3 is 12.2 Å². The van der Waals surface area contributed by atoms with Crippen molar-refractivity contribution in [3.8, 4) is 0 Å². The van der Waals surface area contributed by atoms with Gasteiger partial charge in [0.2, 0.25) is 0 Å². The summed E-state index contributed by atoms with van der Waals surface area (Å²) in [5, 5.41) is 0.437. The summed E-state index contributed by atoms with van der Waals surface area (Å²) < 4.78 is 34.7. The molecule has 1 amide bonds. The number of carbonyl (C=O) groups excluding carboxylic acids is 1. The van der Waals surface area contributed by atoms with Crippen LogP contribution in [0.3, 0.4) is 0 Å². The van der Waals surface area contributed by atoms with E-state index in [1.807, 2.05) is 48.3 Å². The molecule has 1 aliphatic heterocycles. The molecule has 1 saturated heterocycles. The number of halogens is 4. The van der Waals surface area contributed by atoms with Crippen molar-refractivity contribution in [3.63, 3.8) is 0 Å². The van der Waals surface area contributed by atoms with Crippen LogP contribution in [0.2, 0.25) is 0 Å². The van der Waals surface area contributed by atoms with E-state index in [1.54, 1.807) is 11.0 Å². The third-order valence-electron chi connectivity index (χ3n) is 4.01. The van der Waals surface area contributed by atoms with Gasteiger partial charge in [0.05, 0.1) is 4.47 Å². The van der Waals surface area contributed by atoms with E-state index in [-0.39, 0.29) is 16.1 Å². The van der Waals surface area contributed by atoms with Crippen molar-refractivity contribution in [1.29, 1.82) is 0 Å². The molecule has 0 aliphatic carbocycles. The first-order chi connectivity index (χ1) is 12.6. The number of ether oxygens (including phenoxy) is 1. The molecule has 3 rings (SSSR count). The fourth-order valence-electron chi connectivity index (χ4n) is 2.80. The van der Waals surface area contributed by atoms with Gasteiger partial charge < -0.3 is 14.5 Å². The molecule has 2 aromatic rings. The molecule has 1 aromatic carbocycles. The molecule has 1 aromatic heterocycles. The quantitative estimate of drug-likeness (QED) is 0.298. The van der Waals surface area contributed by atoms with Crippen LogP contribution in [0.15, 0.2) is 10.5 Å². The number of fused-ring (bicyclic) bond motifs is 1. The number of piperazine rings is 1. The SMILES string of the molecule is CC(C)(C)OC(=O)N1CCN(c2nc(F)nc3c(F)c(Br)c(I)cc23)CC1. The first-order valence-electron chi connectivity index (χ1n) is 8.30. The largest absolute Gasteiger partial charge is 0.444 e. The van der Waals surface area contributed by atoms with Gasteiger partial charge in [-0.25, -0.2) is 9.18 Å². The molecular weight excluding hydrogens is 537 g/mol. The van der Waals surface area contributed by atoms with Crippen molar-refractivity contribution in [2.75, 3.05) is 31.1 Å². The lowest BCUT2D eigenvalue weighted by Gasteiger charge is -2.36. The summed E-state index contributed by atoms with van der Waals surface area (Å²) in [7, 11) is 0. The van der Waals surface area contributed by atoms with Crippen LogP contribution in [0.4, 0.5) is 19.4 Å². The van der Waals surface area contributed by atoms with Gasteiger partial charge in [-0.05, 0) is 65.4 Å². The van der Waals surface area contributed by atoms with E-state index in [9.17, 15) is 13.6 Å². The highest BCUT2D eigenvalue weighted by Crippen LogP contribution is 2.33. The zero-order valence-corrected chi connectivity index (χ0v) is 18.8. The Morgan fingerprint density at radius 2 is 1.85 bits per heavy atom. The van der Waals surface area contributed by atoms with Crippen LogP contribution in [-0.2, 0) is 4.74 Å². The third kappa shape index (κ3) is 4.41. The minimum Gasteiger partial charge on any atom is -0.444 e. The first-order valence-corrected chi connectivity index (χ1v) is 10.2. The molecule has 0 radical (unpaired) electrons. The molecule has 27 heavy (non-hydrogen) atoms. The lowest BCUT2D eigenvalue weighted by Crippen LogP contribution is -2.50. The summed E-state index contributed by atoms with van der Waals surface area (Å²) in [6.07, 6.45) is -1.37. The molecule has 146 valence electrons. The summed E-state index contributed by atoms with van der Waals surface area (Å²) in [6, 6.07) is 1.72. The predicted octanol–water partition coefficient (Wildman–Crippen LogP) is 4.33. The number of hydrogen-bond donors (Lipinski definition) is 0. The average Bonchev–Trinajstić information content (AvgIpc) is 2.59. The van der Waals surface area contributed by atoms with E-state index in [4.69, 9.17) is 4.74 Å². The van der Waals surface area contributed by atoms with Crippen LogP contribution >= 0.6 is 38.5 Å². The third-order valence-corrected chi connectivity index (χ3v) is 6.38. The highest BCUT2D eigenvalue weighted by atomic mass is 127. The van der Waals surface area contributed by atoms with Gasteiger partial charge in [-0.2, -0.15) is 14.4 Å². The summed E-state index contributed by atoms with van der Waals surface area (Å²) in [5.74, 6) is -0.294. The molecule has 0 unspecified atom stereocenters. The molecular formula is C17H18BrF2IN4O2. The lowest BCUT2D eigenvalue weighted by atomic mass is 10.2. The zero-order valence-electron chi connectivity index (χ0n) is 15.0. The monoisotopic (exact) mass is 554 g/mol. The molecule has 0 spiro atoms. The van der Waals surface area contributed by atoms with E-state index >= 15 is 0 Å². The Kier molecular flexibility index (Phi) is 5.76. The number of rotatable bonds is 1. The topological polar surface area (TPSA) is 58.6 Å². The second-order valence-electron chi connectivity index (χ2n) is 7.15. The van der Waals surface area contributed by atoms with Crippen LogP contribution < -0.4 is 4.90 Å². The van der Waals surface area contributed by atoms with E-state index in [0.717, 1.165) is 0 Å². The Morgan fingerprint density at radius 1 is 1.22 bits per heavy atom.